The van der Waals surface area contributed by atoms with Gasteiger partial charge in [-0.3, -0.25) is 19.7 Å². The number of amides is 1. The summed E-state index contributed by atoms with van der Waals surface area (Å²) in [5.41, 5.74) is -3.03. The molecule has 1 saturated carbocycles. The molecule has 3 rings (SSSR count). The zero-order chi connectivity index (χ0) is 50.2. The molecule has 69 heavy (non-hydrogen) atoms. The van der Waals surface area contributed by atoms with E-state index in [1.165, 1.54) is 109 Å². The average Bonchev–Trinajstić information content (AvgIpc) is 3.83. The van der Waals surface area contributed by atoms with Gasteiger partial charge in [-0.1, -0.05) is 205 Å². The number of rotatable bonds is 41. The smallest absolute Gasteiger partial charge is 0.337 e. The van der Waals surface area contributed by atoms with Crippen LogP contribution >= 0.6 is 0 Å². The van der Waals surface area contributed by atoms with Crippen molar-refractivity contribution in [1.82, 2.24) is 5.32 Å². The predicted octanol–water partition coefficient (Wildman–Crippen LogP) is 12.7. The number of carbonyl (C=O) groups excluding carboxylic acids is 5. The van der Waals surface area contributed by atoms with Gasteiger partial charge in [-0.15, -0.1) is 0 Å². The zero-order valence-corrected chi connectivity index (χ0v) is 44.4. The Labute approximate surface area is 419 Å². The number of carboxylic acids is 1. The first-order valence-corrected chi connectivity index (χ1v) is 28.5. The first-order valence-electron chi connectivity index (χ1n) is 28.5. The minimum absolute atomic E-state index is 0.00181. The van der Waals surface area contributed by atoms with Crippen LogP contribution in [0.25, 0.3) is 0 Å². The summed E-state index contributed by atoms with van der Waals surface area (Å²) in [5, 5.41) is 17.3. The van der Waals surface area contributed by atoms with Gasteiger partial charge < -0.3 is 24.1 Å². The van der Waals surface area contributed by atoms with Crippen molar-refractivity contribution in [3.63, 3.8) is 0 Å². The number of hydrogen-bond acceptors (Lipinski definition) is 10. The summed E-state index contributed by atoms with van der Waals surface area (Å²) < 4.78 is 17.5. The summed E-state index contributed by atoms with van der Waals surface area (Å²) in [6.45, 7) is 9.76. The lowest BCUT2D eigenvalue weighted by Crippen LogP contribution is -2.81. The normalized spacial score (nSPS) is 21.7. The summed E-state index contributed by atoms with van der Waals surface area (Å²) in [6.07, 6.45) is 32.5. The fourth-order valence-electron chi connectivity index (χ4n) is 11.6. The van der Waals surface area contributed by atoms with E-state index in [2.05, 4.69) is 19.2 Å². The lowest BCUT2D eigenvalue weighted by molar-refractivity contribution is -0.974. The standard InChI is InChI=1S/C58H98N2O9/c1-6-10-12-14-16-18-20-22-24-26-28-30-35-41-52(61)68-57-45-37-40-50(57)47-58(56(65)66,69-53(62)42-36-31-29-27-25-23-21-19-17-15-13-11-7-2)60(57,46-8-3)54(63)48(5)59-51(55(64)67-9-4)44-43-49-38-33-32-34-39-49/h32-34,38-39,48,50-51,59H,6-31,35-37,40-47H2,1-5H3/t48-,50-,51-,57-,58-,60?/m0/s1. The number of carbonyl (C=O) groups is 5. The van der Waals surface area contributed by atoms with E-state index >= 15 is 4.79 Å². The Morgan fingerprint density at radius 2 is 1.12 bits per heavy atom. The first kappa shape index (κ1) is 60.0. The molecular weight excluding hydrogens is 869 g/mol. The Morgan fingerprint density at radius 1 is 0.652 bits per heavy atom. The molecule has 0 bridgehead atoms. The van der Waals surface area contributed by atoms with Gasteiger partial charge in [0.05, 0.1) is 25.5 Å². The monoisotopic (exact) mass is 967 g/mol. The van der Waals surface area contributed by atoms with Crippen molar-refractivity contribution in [2.24, 2.45) is 5.92 Å². The highest BCUT2D eigenvalue weighted by molar-refractivity contribution is 5.86. The third-order valence-corrected chi connectivity index (χ3v) is 15.3. The van der Waals surface area contributed by atoms with E-state index in [9.17, 15) is 24.3 Å². The van der Waals surface area contributed by atoms with Gasteiger partial charge in [0.2, 0.25) is 0 Å². The van der Waals surface area contributed by atoms with E-state index in [1.807, 2.05) is 37.3 Å². The van der Waals surface area contributed by atoms with Gasteiger partial charge in [0.15, 0.2) is 0 Å². The lowest BCUT2D eigenvalue weighted by Gasteiger charge is -2.53. The molecule has 1 aromatic carbocycles. The summed E-state index contributed by atoms with van der Waals surface area (Å²) >= 11 is 0. The molecule has 1 aromatic rings. The summed E-state index contributed by atoms with van der Waals surface area (Å²) in [4.78, 5) is 71.4. The molecule has 0 aromatic heterocycles. The Balaban J connectivity index is 1.80. The molecule has 1 N–H and O–H groups in total. The molecule has 1 unspecified atom stereocenters. The largest absolute Gasteiger partial charge is 0.541 e. The van der Waals surface area contributed by atoms with E-state index in [1.54, 1.807) is 13.8 Å². The van der Waals surface area contributed by atoms with Crippen LogP contribution in [-0.4, -0.2) is 71.0 Å². The number of nitrogens with one attached hydrogen (secondary N) is 1. The van der Waals surface area contributed by atoms with Gasteiger partial charge in [0, 0.05) is 19.3 Å². The summed E-state index contributed by atoms with van der Waals surface area (Å²) in [6, 6.07) is 7.69. The van der Waals surface area contributed by atoms with E-state index in [0.29, 0.717) is 44.9 Å². The number of quaternary nitrogens is 1. The highest BCUT2D eigenvalue weighted by atomic mass is 16.6. The van der Waals surface area contributed by atoms with E-state index in [-0.39, 0.29) is 38.8 Å². The molecule has 1 aliphatic carbocycles. The van der Waals surface area contributed by atoms with Gasteiger partial charge in [-0.2, -0.15) is 4.48 Å². The molecule has 1 aliphatic heterocycles. The third-order valence-electron chi connectivity index (χ3n) is 15.3. The van der Waals surface area contributed by atoms with Crippen LogP contribution in [0.1, 0.15) is 258 Å². The van der Waals surface area contributed by atoms with Crippen molar-refractivity contribution in [1.29, 1.82) is 0 Å². The van der Waals surface area contributed by atoms with Gasteiger partial charge in [-0.05, 0) is 64.4 Å². The second-order valence-electron chi connectivity index (χ2n) is 20.7. The molecule has 0 spiro atoms. The average molecular weight is 967 g/mol. The molecule has 1 amide bonds. The number of unbranched alkanes of at least 4 members (excludes halogenated alkanes) is 24. The number of carboxylic acid groups (broad SMARTS) is 1. The molecule has 6 atom stereocenters. The number of ether oxygens (including phenoxy) is 3. The van der Waals surface area contributed by atoms with Crippen LogP contribution in [0.5, 0.6) is 0 Å². The van der Waals surface area contributed by atoms with Crippen LogP contribution in [0.4, 0.5) is 0 Å². The quantitative estimate of drug-likeness (QED) is 0.0291. The van der Waals surface area contributed by atoms with E-state index < -0.39 is 63.7 Å². The maximum Gasteiger partial charge on any atom is 0.337 e. The zero-order valence-electron chi connectivity index (χ0n) is 44.4. The predicted molar refractivity (Wildman–Crippen MR) is 273 cm³/mol. The molecule has 11 heteroatoms. The molecular formula is C58H98N2O9. The van der Waals surface area contributed by atoms with Crippen molar-refractivity contribution < 1.29 is 47.8 Å². The molecule has 2 aliphatic rings. The van der Waals surface area contributed by atoms with Crippen LogP contribution in [-0.2, 0) is 44.6 Å². The Bertz CT molecular complexity index is 1610. The van der Waals surface area contributed by atoms with Crippen LogP contribution < -0.4 is 10.4 Å². The molecule has 1 heterocycles. The van der Waals surface area contributed by atoms with Crippen LogP contribution in [0, 0.1) is 5.92 Å². The molecule has 394 valence electrons. The minimum Gasteiger partial charge on any atom is -0.541 e. The summed E-state index contributed by atoms with van der Waals surface area (Å²) in [5.74, 6) is -4.54. The van der Waals surface area contributed by atoms with Crippen molar-refractivity contribution >= 4 is 29.8 Å². The number of likely N-dealkylation sites (tertiary alicyclic amines) is 1. The molecule has 1 saturated heterocycles. The van der Waals surface area contributed by atoms with E-state index in [0.717, 1.165) is 50.5 Å². The molecule has 11 nitrogen and oxygen atoms in total. The van der Waals surface area contributed by atoms with Crippen LogP contribution in [0.3, 0.4) is 0 Å². The summed E-state index contributed by atoms with van der Waals surface area (Å²) in [7, 11) is 0. The van der Waals surface area contributed by atoms with Gasteiger partial charge in [-0.25, -0.2) is 4.79 Å². The Kier molecular flexibility index (Phi) is 29.7. The van der Waals surface area contributed by atoms with E-state index in [4.69, 9.17) is 14.2 Å². The fraction of sp³-hybridized carbons (Fsp3) is 0.810. The third kappa shape index (κ3) is 18.7. The number of aryl methyl sites for hydroxylation is 1. The molecule has 0 radical (unpaired) electrons. The van der Waals surface area contributed by atoms with Crippen molar-refractivity contribution in [3.8, 4) is 0 Å². The fourth-order valence-corrected chi connectivity index (χ4v) is 11.6. The van der Waals surface area contributed by atoms with Crippen molar-refractivity contribution in [2.75, 3.05) is 13.2 Å². The van der Waals surface area contributed by atoms with Gasteiger partial charge in [0.1, 0.15) is 18.1 Å². The Morgan fingerprint density at radius 3 is 1.57 bits per heavy atom. The number of fused-ring (bicyclic) bond motifs is 1. The lowest BCUT2D eigenvalue weighted by atomic mass is 9.97. The maximum absolute atomic E-state index is 15.7. The van der Waals surface area contributed by atoms with Crippen molar-refractivity contribution in [2.45, 2.75) is 283 Å². The minimum atomic E-state index is -2.44. The highest BCUT2D eigenvalue weighted by Crippen LogP contribution is 2.61. The number of esters is 3. The SMILES string of the molecule is CCCCCCCCCCCCCCCC(=O)O[C@]1(C(=O)[O-])C[C@@H]2CCC[C@@]2(OC(=O)CCCCCCCCCCCCCCC)[N+]1(CCC)C(=O)[C@H](C)N[C@@H](CCc1ccccc1)C(=O)OCC. The second-order valence-corrected chi connectivity index (χ2v) is 20.7. The molecule has 2 fully saturated rings. The number of hydrogen-bond donors (Lipinski definition) is 1. The van der Waals surface area contributed by atoms with Gasteiger partial charge in [0.25, 0.3) is 11.4 Å². The topological polar surface area (TPSA) is 148 Å². The first-order chi connectivity index (χ1) is 33.5. The number of nitrogens with zero attached hydrogens (tertiary/aromatic N) is 1. The van der Waals surface area contributed by atoms with Crippen LogP contribution in [0.2, 0.25) is 0 Å². The highest BCUT2D eigenvalue weighted by Gasteiger charge is 2.81. The van der Waals surface area contributed by atoms with Crippen LogP contribution in [0.15, 0.2) is 30.3 Å². The maximum atomic E-state index is 15.7. The number of aliphatic carboxylic acids is 1. The van der Waals surface area contributed by atoms with Gasteiger partial charge >= 0.3 is 23.8 Å². The van der Waals surface area contributed by atoms with Crippen molar-refractivity contribution in [3.05, 3.63) is 35.9 Å². The number of benzene rings is 1. The Hall–Kier alpha value is -3.31. The second kappa shape index (κ2) is 34.1.